The number of benzene rings is 2. The number of hydrogen-bond acceptors (Lipinski definition) is 2. The molecule has 3 nitrogen and oxygen atoms in total. The second kappa shape index (κ2) is 7.93. The summed E-state index contributed by atoms with van der Waals surface area (Å²) in [6, 6.07) is 13.6. The molecule has 23 heavy (non-hydrogen) atoms. The number of nitrogens with one attached hydrogen (secondary N) is 1. The second-order valence-electron chi connectivity index (χ2n) is 5.54. The van der Waals surface area contributed by atoms with Gasteiger partial charge in [-0.05, 0) is 43.7 Å². The van der Waals surface area contributed by atoms with Gasteiger partial charge in [0.05, 0.1) is 5.56 Å². The van der Waals surface area contributed by atoms with Gasteiger partial charge in [-0.2, -0.15) is 0 Å². The van der Waals surface area contributed by atoms with Gasteiger partial charge in [0.2, 0.25) is 0 Å². The lowest BCUT2D eigenvalue weighted by molar-refractivity contribution is 0.0928. The molecule has 1 N–H and O–H groups in total. The van der Waals surface area contributed by atoms with E-state index in [2.05, 4.69) is 12.2 Å². The molecule has 0 aromatic heterocycles. The van der Waals surface area contributed by atoms with Crippen LogP contribution in [0.2, 0.25) is 5.02 Å². The maximum absolute atomic E-state index is 12.7. The highest BCUT2D eigenvalue weighted by Crippen LogP contribution is 2.17. The van der Waals surface area contributed by atoms with Gasteiger partial charge in [0.25, 0.3) is 5.91 Å². The molecule has 0 aliphatic heterocycles. The third kappa shape index (κ3) is 4.42. The highest BCUT2D eigenvalue weighted by molar-refractivity contribution is 6.30. The van der Waals surface area contributed by atoms with Crippen molar-refractivity contribution in [2.24, 2.45) is 0 Å². The van der Waals surface area contributed by atoms with E-state index in [1.54, 1.807) is 48.5 Å². The van der Waals surface area contributed by atoms with Crippen molar-refractivity contribution >= 4 is 23.3 Å². The van der Waals surface area contributed by atoms with Gasteiger partial charge in [0.15, 0.2) is 5.78 Å². The minimum absolute atomic E-state index is 0.0752. The predicted molar refractivity (Wildman–Crippen MR) is 93.2 cm³/mol. The molecule has 1 amide bonds. The Morgan fingerprint density at radius 2 is 1.65 bits per heavy atom. The van der Waals surface area contributed by atoms with E-state index in [0.29, 0.717) is 21.7 Å². The van der Waals surface area contributed by atoms with Crippen molar-refractivity contribution < 1.29 is 9.59 Å². The van der Waals surface area contributed by atoms with Crippen molar-refractivity contribution in [2.45, 2.75) is 32.7 Å². The van der Waals surface area contributed by atoms with Gasteiger partial charge in [0.1, 0.15) is 0 Å². The van der Waals surface area contributed by atoms with E-state index < -0.39 is 0 Å². The minimum Gasteiger partial charge on any atom is -0.350 e. The zero-order valence-electron chi connectivity index (χ0n) is 13.3. The fraction of sp³-hybridized carbons (Fsp3) is 0.263. The number of rotatable bonds is 6. The molecule has 0 aliphatic rings. The van der Waals surface area contributed by atoms with Crippen molar-refractivity contribution in [3.63, 3.8) is 0 Å². The number of carbonyl (C=O) groups excluding carboxylic acids is 2. The summed E-state index contributed by atoms with van der Waals surface area (Å²) in [5, 5.41) is 3.51. The first kappa shape index (κ1) is 17.2. The molecule has 0 bridgehead atoms. The summed E-state index contributed by atoms with van der Waals surface area (Å²) in [6.45, 7) is 4.03. The Bertz CT molecular complexity index is 695. The van der Waals surface area contributed by atoms with Crippen LogP contribution in [0.25, 0.3) is 0 Å². The van der Waals surface area contributed by atoms with Crippen LogP contribution in [0.3, 0.4) is 0 Å². The van der Waals surface area contributed by atoms with Crippen molar-refractivity contribution in [1.82, 2.24) is 5.32 Å². The van der Waals surface area contributed by atoms with Crippen LogP contribution >= 0.6 is 11.6 Å². The van der Waals surface area contributed by atoms with Crippen LogP contribution in [-0.4, -0.2) is 17.7 Å². The van der Waals surface area contributed by atoms with Crippen LogP contribution in [0.1, 0.15) is 53.0 Å². The smallest absolute Gasteiger partial charge is 0.252 e. The first-order valence-electron chi connectivity index (χ1n) is 7.73. The summed E-state index contributed by atoms with van der Waals surface area (Å²) in [7, 11) is 0. The topological polar surface area (TPSA) is 46.2 Å². The number of carbonyl (C=O) groups is 2. The van der Waals surface area contributed by atoms with E-state index >= 15 is 0 Å². The summed E-state index contributed by atoms with van der Waals surface area (Å²) < 4.78 is 0. The van der Waals surface area contributed by atoms with Gasteiger partial charge in [-0.25, -0.2) is 0 Å². The standard InChI is InChI=1S/C19H20ClNO2/c1-3-6-13(2)21-19(23)17-8-5-4-7-16(17)18(22)14-9-11-15(20)12-10-14/h4-5,7-13H,3,6H2,1-2H3,(H,21,23). The Morgan fingerprint density at radius 3 is 2.26 bits per heavy atom. The third-order valence-corrected chi connectivity index (χ3v) is 3.87. The Kier molecular flexibility index (Phi) is 5.94. The molecule has 4 heteroatoms. The predicted octanol–water partition coefficient (Wildman–Crippen LogP) is 4.49. The Morgan fingerprint density at radius 1 is 1.04 bits per heavy atom. The first-order valence-corrected chi connectivity index (χ1v) is 8.11. The largest absolute Gasteiger partial charge is 0.350 e. The average molecular weight is 330 g/mol. The Hall–Kier alpha value is -2.13. The summed E-state index contributed by atoms with van der Waals surface area (Å²) in [6.07, 6.45) is 1.89. The molecule has 0 radical (unpaired) electrons. The molecule has 0 aliphatic carbocycles. The van der Waals surface area contributed by atoms with Crippen molar-refractivity contribution in [3.05, 3.63) is 70.2 Å². The molecule has 2 aromatic carbocycles. The highest BCUT2D eigenvalue weighted by atomic mass is 35.5. The Balaban J connectivity index is 2.28. The van der Waals surface area contributed by atoms with Crippen molar-refractivity contribution in [2.75, 3.05) is 0 Å². The maximum atomic E-state index is 12.7. The number of amides is 1. The molecule has 0 spiro atoms. The van der Waals surface area contributed by atoms with Gasteiger partial charge in [-0.15, -0.1) is 0 Å². The molecule has 0 fully saturated rings. The number of hydrogen-bond donors (Lipinski definition) is 1. The quantitative estimate of drug-likeness (QED) is 0.794. The second-order valence-corrected chi connectivity index (χ2v) is 5.98. The van der Waals surface area contributed by atoms with Crippen LogP contribution in [0.5, 0.6) is 0 Å². The zero-order chi connectivity index (χ0) is 16.8. The van der Waals surface area contributed by atoms with Gasteiger partial charge in [0, 0.05) is 22.2 Å². The van der Waals surface area contributed by atoms with Crippen LogP contribution in [0.15, 0.2) is 48.5 Å². The van der Waals surface area contributed by atoms with Crippen LogP contribution in [0.4, 0.5) is 0 Å². The molecule has 0 saturated heterocycles. The van der Waals surface area contributed by atoms with E-state index in [9.17, 15) is 9.59 Å². The first-order chi connectivity index (χ1) is 11.0. The molecule has 2 aromatic rings. The van der Waals surface area contributed by atoms with Crippen LogP contribution in [-0.2, 0) is 0 Å². The van der Waals surface area contributed by atoms with Gasteiger partial charge in [-0.1, -0.05) is 43.1 Å². The fourth-order valence-electron chi connectivity index (χ4n) is 2.44. The lowest BCUT2D eigenvalue weighted by atomic mass is 9.97. The maximum Gasteiger partial charge on any atom is 0.252 e. The van der Waals surface area contributed by atoms with Crippen molar-refractivity contribution in [3.8, 4) is 0 Å². The summed E-state index contributed by atoms with van der Waals surface area (Å²) in [4.78, 5) is 25.1. The molecule has 1 atom stereocenters. The molecule has 1 unspecified atom stereocenters. The monoisotopic (exact) mass is 329 g/mol. The van der Waals surface area contributed by atoms with E-state index in [1.165, 1.54) is 0 Å². The van der Waals surface area contributed by atoms with Crippen LogP contribution in [0, 0.1) is 0 Å². The lowest BCUT2D eigenvalue weighted by Crippen LogP contribution is -2.33. The molecule has 2 rings (SSSR count). The third-order valence-electron chi connectivity index (χ3n) is 3.62. The summed E-state index contributed by atoms with van der Waals surface area (Å²) in [5.41, 5.74) is 1.31. The van der Waals surface area contributed by atoms with Gasteiger partial charge < -0.3 is 5.32 Å². The summed E-state index contributed by atoms with van der Waals surface area (Å²) >= 11 is 5.86. The fourth-order valence-corrected chi connectivity index (χ4v) is 2.57. The van der Waals surface area contributed by atoms with Crippen molar-refractivity contribution in [1.29, 1.82) is 0 Å². The minimum atomic E-state index is -0.219. The van der Waals surface area contributed by atoms with E-state index in [4.69, 9.17) is 11.6 Å². The molecular weight excluding hydrogens is 310 g/mol. The van der Waals surface area contributed by atoms with E-state index in [-0.39, 0.29) is 17.7 Å². The lowest BCUT2D eigenvalue weighted by Gasteiger charge is -2.14. The normalized spacial score (nSPS) is 11.8. The van der Waals surface area contributed by atoms with Crippen LogP contribution < -0.4 is 5.32 Å². The van der Waals surface area contributed by atoms with Gasteiger partial charge >= 0.3 is 0 Å². The van der Waals surface area contributed by atoms with E-state index in [1.807, 2.05) is 6.92 Å². The molecule has 0 saturated carbocycles. The SMILES string of the molecule is CCCC(C)NC(=O)c1ccccc1C(=O)c1ccc(Cl)cc1. The molecular formula is C19H20ClNO2. The highest BCUT2D eigenvalue weighted by Gasteiger charge is 2.18. The summed E-state index contributed by atoms with van der Waals surface area (Å²) in [5.74, 6) is -0.403. The Labute approximate surface area is 141 Å². The number of ketones is 1. The molecule has 0 heterocycles. The van der Waals surface area contributed by atoms with Gasteiger partial charge in [-0.3, -0.25) is 9.59 Å². The molecule has 120 valence electrons. The van der Waals surface area contributed by atoms with E-state index in [0.717, 1.165) is 12.8 Å². The zero-order valence-corrected chi connectivity index (χ0v) is 14.1. The number of halogens is 1. The average Bonchev–Trinajstić information content (AvgIpc) is 2.55.